The van der Waals surface area contributed by atoms with Crippen LogP contribution < -0.4 is 0 Å². The van der Waals surface area contributed by atoms with Crippen molar-refractivity contribution in [2.24, 2.45) is 4.99 Å². The average Bonchev–Trinajstić information content (AvgIpc) is 2.69. The highest BCUT2D eigenvalue weighted by atomic mass is 32.2. The summed E-state index contributed by atoms with van der Waals surface area (Å²) >= 11 is 0. The number of hydrogen-bond acceptors (Lipinski definition) is 3. The molecule has 0 amide bonds. The number of amidine groups is 1. The molecule has 5 heteroatoms. The molecule has 0 N–H and O–H groups in total. The monoisotopic (exact) mass is 306 g/mol. The lowest BCUT2D eigenvalue weighted by Crippen LogP contribution is -2.49. The molecule has 0 bridgehead atoms. The van der Waals surface area contributed by atoms with Crippen LogP contribution in [0.3, 0.4) is 0 Å². The molecule has 1 aromatic rings. The Morgan fingerprint density at radius 2 is 1.86 bits per heavy atom. The van der Waals surface area contributed by atoms with Crippen molar-refractivity contribution in [2.45, 2.75) is 62.9 Å². The number of aryl methyl sites for hydroxylation is 1. The highest BCUT2D eigenvalue weighted by Crippen LogP contribution is 2.42. The molecule has 1 aliphatic heterocycles. The summed E-state index contributed by atoms with van der Waals surface area (Å²) in [5.74, 6) is 0.630. The van der Waals surface area contributed by atoms with Crippen LogP contribution in [0.25, 0.3) is 0 Å². The minimum absolute atomic E-state index is 0.0300. The molecule has 1 aromatic carbocycles. The molecule has 1 heterocycles. The predicted octanol–water partition coefficient (Wildman–Crippen LogP) is 3.12. The summed E-state index contributed by atoms with van der Waals surface area (Å²) in [7, 11) is -3.51. The van der Waals surface area contributed by atoms with Gasteiger partial charge in [-0.25, -0.2) is 12.7 Å². The quantitative estimate of drug-likeness (QED) is 0.843. The van der Waals surface area contributed by atoms with E-state index in [1.807, 2.05) is 26.0 Å². The van der Waals surface area contributed by atoms with Gasteiger partial charge in [0, 0.05) is 0 Å². The van der Waals surface area contributed by atoms with Gasteiger partial charge < -0.3 is 0 Å². The van der Waals surface area contributed by atoms with Crippen LogP contribution in [-0.4, -0.2) is 30.1 Å². The Hall–Kier alpha value is -1.36. The van der Waals surface area contributed by atoms with Crippen LogP contribution in [0.5, 0.6) is 0 Å². The van der Waals surface area contributed by atoms with Crippen molar-refractivity contribution in [1.82, 2.24) is 4.31 Å². The minimum atomic E-state index is -3.51. The van der Waals surface area contributed by atoms with Gasteiger partial charge in [0.25, 0.3) is 10.0 Å². The van der Waals surface area contributed by atoms with Gasteiger partial charge in [-0.3, -0.25) is 4.99 Å². The molecule has 1 aliphatic carbocycles. The predicted molar refractivity (Wildman–Crippen MR) is 84.0 cm³/mol. The Morgan fingerprint density at radius 1 is 1.19 bits per heavy atom. The fourth-order valence-corrected chi connectivity index (χ4v) is 5.37. The van der Waals surface area contributed by atoms with Crippen molar-refractivity contribution in [3.8, 4) is 0 Å². The van der Waals surface area contributed by atoms with Gasteiger partial charge in [0.2, 0.25) is 0 Å². The molecule has 21 heavy (non-hydrogen) atoms. The Balaban J connectivity index is 2.03. The molecular weight excluding hydrogens is 284 g/mol. The van der Waals surface area contributed by atoms with Crippen LogP contribution in [0, 0.1) is 6.92 Å². The molecule has 0 saturated heterocycles. The maximum absolute atomic E-state index is 13.0. The lowest BCUT2D eigenvalue weighted by Gasteiger charge is -2.38. The highest BCUT2D eigenvalue weighted by Gasteiger charge is 2.49. The topological polar surface area (TPSA) is 49.7 Å². The number of aliphatic imine (C=N–C) groups is 1. The van der Waals surface area contributed by atoms with E-state index in [0.717, 1.165) is 31.2 Å². The first kappa shape index (κ1) is 14.6. The maximum Gasteiger partial charge on any atom is 0.265 e. The summed E-state index contributed by atoms with van der Waals surface area (Å²) in [6.45, 7) is 5.86. The van der Waals surface area contributed by atoms with Crippen LogP contribution in [0.15, 0.2) is 34.2 Å². The molecule has 4 nitrogen and oxygen atoms in total. The van der Waals surface area contributed by atoms with Crippen molar-refractivity contribution >= 4 is 15.9 Å². The van der Waals surface area contributed by atoms with Gasteiger partial charge in [0.1, 0.15) is 5.84 Å². The first-order valence-electron chi connectivity index (χ1n) is 7.52. The molecule has 3 rings (SSSR count). The number of benzene rings is 1. The van der Waals surface area contributed by atoms with Gasteiger partial charge in [0.15, 0.2) is 0 Å². The molecule has 0 spiro atoms. The summed E-state index contributed by atoms with van der Waals surface area (Å²) in [6, 6.07) is 7.04. The Bertz CT molecular complexity index is 679. The van der Waals surface area contributed by atoms with E-state index < -0.39 is 10.0 Å². The van der Waals surface area contributed by atoms with Gasteiger partial charge in [-0.2, -0.15) is 0 Å². The molecule has 0 aromatic heterocycles. The van der Waals surface area contributed by atoms with Crippen molar-refractivity contribution in [2.75, 3.05) is 0 Å². The molecule has 0 radical (unpaired) electrons. The second kappa shape index (κ2) is 4.83. The number of sulfonamides is 1. The van der Waals surface area contributed by atoms with Gasteiger partial charge in [0.05, 0.1) is 16.5 Å². The minimum Gasteiger partial charge on any atom is -0.263 e. The van der Waals surface area contributed by atoms with E-state index in [0.29, 0.717) is 10.7 Å². The third-order valence-corrected chi connectivity index (χ3v) is 6.63. The molecule has 2 atom stereocenters. The smallest absolute Gasteiger partial charge is 0.263 e. The van der Waals surface area contributed by atoms with E-state index in [2.05, 4.69) is 6.92 Å². The van der Waals surface area contributed by atoms with Crippen LogP contribution in [-0.2, 0) is 10.0 Å². The molecular formula is C16H22N2O2S. The van der Waals surface area contributed by atoms with Crippen LogP contribution in [0.1, 0.15) is 45.1 Å². The SMILES string of the molecule is CC1=NC2(C)CCCCC2N1S(=O)(=O)c1ccc(C)cc1. The number of hydrogen-bond donors (Lipinski definition) is 0. The molecule has 114 valence electrons. The second-order valence-electron chi connectivity index (χ2n) is 6.39. The molecule has 1 fully saturated rings. The highest BCUT2D eigenvalue weighted by molar-refractivity contribution is 7.89. The van der Waals surface area contributed by atoms with Crippen LogP contribution in [0.4, 0.5) is 0 Å². The lowest BCUT2D eigenvalue weighted by atomic mass is 9.80. The number of fused-ring (bicyclic) bond motifs is 1. The fourth-order valence-electron chi connectivity index (χ4n) is 3.61. The van der Waals surface area contributed by atoms with Crippen molar-refractivity contribution in [3.05, 3.63) is 29.8 Å². The second-order valence-corrected chi connectivity index (χ2v) is 8.21. The van der Waals surface area contributed by atoms with Crippen molar-refractivity contribution in [1.29, 1.82) is 0 Å². The largest absolute Gasteiger partial charge is 0.265 e. The summed E-state index contributed by atoms with van der Waals surface area (Å²) in [5, 5.41) is 0. The summed E-state index contributed by atoms with van der Waals surface area (Å²) in [4.78, 5) is 5.06. The summed E-state index contributed by atoms with van der Waals surface area (Å²) in [6.07, 6.45) is 4.06. The maximum atomic E-state index is 13.0. The van der Waals surface area contributed by atoms with E-state index in [1.165, 1.54) is 0 Å². The van der Waals surface area contributed by atoms with E-state index in [9.17, 15) is 8.42 Å². The van der Waals surface area contributed by atoms with E-state index >= 15 is 0 Å². The Morgan fingerprint density at radius 3 is 2.52 bits per heavy atom. The first-order valence-corrected chi connectivity index (χ1v) is 8.96. The van der Waals surface area contributed by atoms with Gasteiger partial charge in [-0.05, 0) is 45.7 Å². The van der Waals surface area contributed by atoms with Gasteiger partial charge >= 0.3 is 0 Å². The standard InChI is InChI=1S/C16H22N2O2S/c1-12-7-9-14(10-8-12)21(19,20)18-13(2)17-16(3)11-5-4-6-15(16)18/h7-10,15H,4-6,11H2,1-3H3. The summed E-state index contributed by atoms with van der Waals surface area (Å²) < 4.78 is 27.6. The Kier molecular flexibility index (Phi) is 3.35. The normalized spacial score (nSPS) is 29.2. The average molecular weight is 306 g/mol. The zero-order chi connectivity index (χ0) is 15.3. The molecule has 2 aliphatic rings. The van der Waals surface area contributed by atoms with Gasteiger partial charge in [-0.1, -0.05) is 30.5 Å². The van der Waals surface area contributed by atoms with Crippen molar-refractivity contribution < 1.29 is 8.42 Å². The third-order valence-electron chi connectivity index (χ3n) is 4.73. The van der Waals surface area contributed by atoms with Crippen molar-refractivity contribution in [3.63, 3.8) is 0 Å². The first-order chi connectivity index (χ1) is 9.84. The van der Waals surface area contributed by atoms with E-state index in [-0.39, 0.29) is 11.6 Å². The fraction of sp³-hybridized carbons (Fsp3) is 0.562. The molecule has 1 saturated carbocycles. The van der Waals surface area contributed by atoms with Crippen LogP contribution in [0.2, 0.25) is 0 Å². The summed E-state index contributed by atoms with van der Waals surface area (Å²) in [5.41, 5.74) is 0.809. The zero-order valence-electron chi connectivity index (χ0n) is 12.8. The van der Waals surface area contributed by atoms with E-state index in [1.54, 1.807) is 16.4 Å². The lowest BCUT2D eigenvalue weighted by molar-refractivity contribution is 0.232. The van der Waals surface area contributed by atoms with Crippen LogP contribution >= 0.6 is 0 Å². The number of nitrogens with zero attached hydrogens (tertiary/aromatic N) is 2. The Labute approximate surface area is 126 Å². The molecule has 2 unspecified atom stereocenters. The van der Waals surface area contributed by atoms with Gasteiger partial charge in [-0.15, -0.1) is 0 Å². The van der Waals surface area contributed by atoms with E-state index in [4.69, 9.17) is 4.99 Å². The zero-order valence-corrected chi connectivity index (χ0v) is 13.7. The third kappa shape index (κ3) is 2.27. The number of rotatable bonds is 2.